The number of furan rings is 1. The summed E-state index contributed by atoms with van der Waals surface area (Å²) in [6, 6.07) is 11.8. The molecule has 1 aromatic carbocycles. The van der Waals surface area contributed by atoms with Gasteiger partial charge in [-0.25, -0.2) is 0 Å². The van der Waals surface area contributed by atoms with Gasteiger partial charge in [-0.1, -0.05) is 23.7 Å². The van der Waals surface area contributed by atoms with Gasteiger partial charge in [-0.05, 0) is 43.7 Å². The van der Waals surface area contributed by atoms with E-state index >= 15 is 0 Å². The molecule has 0 radical (unpaired) electrons. The van der Waals surface area contributed by atoms with Crippen molar-refractivity contribution in [2.75, 3.05) is 13.1 Å². The summed E-state index contributed by atoms with van der Waals surface area (Å²) in [4.78, 5) is 4.58. The monoisotopic (exact) mass is 319 g/mol. The Bertz CT molecular complexity index is 596. The Morgan fingerprint density at radius 1 is 1.32 bits per heavy atom. The van der Waals surface area contributed by atoms with Crippen molar-refractivity contribution in [3.8, 4) is 0 Å². The second kappa shape index (κ2) is 8.49. The van der Waals surface area contributed by atoms with Gasteiger partial charge in [-0.2, -0.15) is 0 Å². The fourth-order valence-corrected chi connectivity index (χ4v) is 2.32. The molecule has 0 aliphatic carbocycles. The lowest BCUT2D eigenvalue weighted by Crippen LogP contribution is -2.38. The highest BCUT2D eigenvalue weighted by atomic mass is 35.5. The molecule has 2 aromatic rings. The molecule has 0 aliphatic rings. The van der Waals surface area contributed by atoms with Crippen molar-refractivity contribution >= 4 is 17.6 Å². The Balaban J connectivity index is 1.95. The minimum atomic E-state index is 0.125. The SMILES string of the molecule is CCNC(=NCCc1ccco1)NC(C)c1cccc(Cl)c1. The zero-order valence-electron chi connectivity index (χ0n) is 13.0. The van der Waals surface area contributed by atoms with Crippen molar-refractivity contribution in [2.45, 2.75) is 26.3 Å². The number of hydrogen-bond donors (Lipinski definition) is 2. The summed E-state index contributed by atoms with van der Waals surface area (Å²) in [5, 5.41) is 7.39. The molecule has 22 heavy (non-hydrogen) atoms. The molecule has 1 aromatic heterocycles. The van der Waals surface area contributed by atoms with E-state index in [1.807, 2.05) is 37.3 Å². The van der Waals surface area contributed by atoms with E-state index in [0.717, 1.165) is 35.3 Å². The fraction of sp³-hybridized carbons (Fsp3) is 0.353. The average molecular weight is 320 g/mol. The summed E-state index contributed by atoms with van der Waals surface area (Å²) in [7, 11) is 0. The van der Waals surface area contributed by atoms with Gasteiger partial charge in [0, 0.05) is 24.5 Å². The first-order valence-electron chi connectivity index (χ1n) is 7.51. The molecule has 0 aliphatic heterocycles. The van der Waals surface area contributed by atoms with E-state index in [1.165, 1.54) is 0 Å². The molecule has 0 spiro atoms. The summed E-state index contributed by atoms with van der Waals surface area (Å²) in [6.07, 6.45) is 2.47. The van der Waals surface area contributed by atoms with E-state index in [1.54, 1.807) is 6.26 Å². The maximum absolute atomic E-state index is 6.04. The van der Waals surface area contributed by atoms with Crippen LogP contribution in [0, 0.1) is 0 Å². The lowest BCUT2D eigenvalue weighted by molar-refractivity contribution is 0.510. The topological polar surface area (TPSA) is 49.6 Å². The molecule has 2 N–H and O–H groups in total. The third-order valence-electron chi connectivity index (χ3n) is 3.25. The fourth-order valence-electron chi connectivity index (χ4n) is 2.12. The Morgan fingerprint density at radius 3 is 2.86 bits per heavy atom. The molecule has 0 bridgehead atoms. The van der Waals surface area contributed by atoms with Gasteiger partial charge in [0.2, 0.25) is 0 Å². The summed E-state index contributed by atoms with van der Waals surface area (Å²) in [6.45, 7) is 5.62. The van der Waals surface area contributed by atoms with Crippen LogP contribution < -0.4 is 10.6 Å². The number of guanidine groups is 1. The van der Waals surface area contributed by atoms with Crippen LogP contribution in [0.25, 0.3) is 0 Å². The largest absolute Gasteiger partial charge is 0.469 e. The maximum atomic E-state index is 6.04. The van der Waals surface area contributed by atoms with Gasteiger partial charge in [0.25, 0.3) is 0 Å². The molecule has 1 heterocycles. The first-order valence-corrected chi connectivity index (χ1v) is 7.89. The predicted octanol–water partition coefficient (Wildman–Crippen LogP) is 3.79. The zero-order valence-corrected chi connectivity index (χ0v) is 13.7. The third kappa shape index (κ3) is 5.11. The number of benzene rings is 1. The van der Waals surface area contributed by atoms with Gasteiger partial charge in [0.05, 0.1) is 12.3 Å². The molecule has 2 rings (SSSR count). The molecule has 4 nitrogen and oxygen atoms in total. The number of rotatable bonds is 6. The van der Waals surface area contributed by atoms with Crippen molar-refractivity contribution in [1.82, 2.24) is 10.6 Å². The molecule has 1 atom stereocenters. The van der Waals surface area contributed by atoms with E-state index in [9.17, 15) is 0 Å². The summed E-state index contributed by atoms with van der Waals surface area (Å²) >= 11 is 6.04. The van der Waals surface area contributed by atoms with E-state index in [4.69, 9.17) is 16.0 Å². The summed E-state index contributed by atoms with van der Waals surface area (Å²) in [5.41, 5.74) is 1.13. The number of halogens is 1. The lowest BCUT2D eigenvalue weighted by atomic mass is 10.1. The first kappa shape index (κ1) is 16.4. The van der Waals surface area contributed by atoms with E-state index in [2.05, 4.69) is 28.6 Å². The zero-order chi connectivity index (χ0) is 15.8. The standard InChI is InChI=1S/C17H22ClN3O/c1-3-19-17(20-10-9-16-8-5-11-22-16)21-13(2)14-6-4-7-15(18)12-14/h4-8,11-13H,3,9-10H2,1-2H3,(H2,19,20,21). The number of nitrogens with one attached hydrogen (secondary N) is 2. The number of nitrogens with zero attached hydrogens (tertiary/aromatic N) is 1. The molecular weight excluding hydrogens is 298 g/mol. The van der Waals surface area contributed by atoms with Crippen LogP contribution in [0.2, 0.25) is 5.02 Å². The highest BCUT2D eigenvalue weighted by molar-refractivity contribution is 6.30. The molecule has 5 heteroatoms. The molecule has 0 saturated heterocycles. The van der Waals surface area contributed by atoms with Crippen LogP contribution in [0.4, 0.5) is 0 Å². The van der Waals surface area contributed by atoms with Crippen molar-refractivity contribution < 1.29 is 4.42 Å². The average Bonchev–Trinajstić information content (AvgIpc) is 3.00. The molecule has 0 saturated carbocycles. The summed E-state index contributed by atoms with van der Waals surface area (Å²) in [5.74, 6) is 1.74. The normalized spacial score (nSPS) is 13.0. The highest BCUT2D eigenvalue weighted by Gasteiger charge is 2.08. The van der Waals surface area contributed by atoms with E-state index < -0.39 is 0 Å². The van der Waals surface area contributed by atoms with Gasteiger partial charge in [0.15, 0.2) is 5.96 Å². The van der Waals surface area contributed by atoms with Gasteiger partial charge < -0.3 is 15.1 Å². The van der Waals surface area contributed by atoms with E-state index in [0.29, 0.717) is 6.54 Å². The van der Waals surface area contributed by atoms with Gasteiger partial charge in [-0.15, -0.1) is 0 Å². The predicted molar refractivity (Wildman–Crippen MR) is 91.4 cm³/mol. The number of hydrogen-bond acceptors (Lipinski definition) is 2. The molecule has 1 unspecified atom stereocenters. The minimum Gasteiger partial charge on any atom is -0.469 e. The van der Waals surface area contributed by atoms with Crippen LogP contribution in [0.3, 0.4) is 0 Å². The highest BCUT2D eigenvalue weighted by Crippen LogP contribution is 2.17. The van der Waals surface area contributed by atoms with Crippen LogP contribution in [0.15, 0.2) is 52.1 Å². The molecular formula is C17H22ClN3O. The van der Waals surface area contributed by atoms with Gasteiger partial charge in [0.1, 0.15) is 5.76 Å². The smallest absolute Gasteiger partial charge is 0.191 e. The lowest BCUT2D eigenvalue weighted by Gasteiger charge is -2.18. The van der Waals surface area contributed by atoms with Crippen LogP contribution in [0.1, 0.15) is 31.2 Å². The maximum Gasteiger partial charge on any atom is 0.191 e. The quantitative estimate of drug-likeness (QED) is 0.629. The summed E-state index contributed by atoms with van der Waals surface area (Å²) < 4.78 is 5.31. The van der Waals surface area contributed by atoms with Crippen molar-refractivity contribution in [2.24, 2.45) is 4.99 Å². The Morgan fingerprint density at radius 2 is 2.18 bits per heavy atom. The second-order valence-electron chi connectivity index (χ2n) is 5.01. The van der Waals surface area contributed by atoms with Crippen LogP contribution in [-0.2, 0) is 6.42 Å². The van der Waals surface area contributed by atoms with Crippen molar-refractivity contribution in [3.63, 3.8) is 0 Å². The van der Waals surface area contributed by atoms with Crippen molar-refractivity contribution in [1.29, 1.82) is 0 Å². The molecule has 0 amide bonds. The van der Waals surface area contributed by atoms with Crippen LogP contribution >= 0.6 is 11.6 Å². The van der Waals surface area contributed by atoms with Gasteiger partial charge in [-0.3, -0.25) is 4.99 Å². The van der Waals surface area contributed by atoms with Gasteiger partial charge >= 0.3 is 0 Å². The minimum absolute atomic E-state index is 0.125. The van der Waals surface area contributed by atoms with Crippen LogP contribution in [0.5, 0.6) is 0 Å². The number of aliphatic imine (C=N–C) groups is 1. The first-order chi connectivity index (χ1) is 10.7. The Kier molecular flexibility index (Phi) is 6.34. The molecule has 0 fully saturated rings. The van der Waals surface area contributed by atoms with E-state index in [-0.39, 0.29) is 6.04 Å². The molecule has 118 valence electrons. The van der Waals surface area contributed by atoms with Crippen molar-refractivity contribution in [3.05, 3.63) is 59.0 Å². The Hall–Kier alpha value is -1.94. The third-order valence-corrected chi connectivity index (χ3v) is 3.49. The second-order valence-corrected chi connectivity index (χ2v) is 5.45. The Labute approximate surface area is 136 Å². The van der Waals surface area contributed by atoms with Crippen LogP contribution in [-0.4, -0.2) is 19.0 Å².